The average Bonchev–Trinajstić information content (AvgIpc) is 3.08. The summed E-state index contributed by atoms with van der Waals surface area (Å²) in [5.74, 6) is -0.679. The molecule has 0 unspecified atom stereocenters. The number of nitrogens with zero attached hydrogens (tertiary/aromatic N) is 2. The summed E-state index contributed by atoms with van der Waals surface area (Å²) in [4.78, 5) is 26.4. The fraction of sp³-hybridized carbons (Fsp3) is 0.312. The summed E-state index contributed by atoms with van der Waals surface area (Å²) in [7, 11) is 0. The first kappa shape index (κ1) is 15.2. The third kappa shape index (κ3) is 3.56. The Morgan fingerprint density at radius 2 is 2.09 bits per heavy atom. The molecule has 0 radical (unpaired) electrons. The molecule has 120 valence electrons. The number of urea groups is 1. The maximum absolute atomic E-state index is 13.0. The lowest BCUT2D eigenvalue weighted by molar-refractivity contribution is 0.0851. The van der Waals surface area contributed by atoms with E-state index in [9.17, 15) is 14.0 Å². The number of aromatic amines is 1. The van der Waals surface area contributed by atoms with Crippen LogP contribution in [0.3, 0.4) is 0 Å². The standard InChI is InChI=1S/C16H17FN4O2/c17-13-5-3-11(4-6-13)15(22)12-2-1-7-21(10-12)16(23)20-14-8-18-19-9-14/h3-6,8-9,12H,1-2,7,10H2,(H,18,19)(H,20,23)/t12-/m0/s1. The van der Waals surface area contributed by atoms with Crippen LogP contribution in [0.15, 0.2) is 36.7 Å². The van der Waals surface area contributed by atoms with Crippen LogP contribution in [0.4, 0.5) is 14.9 Å². The van der Waals surface area contributed by atoms with E-state index in [-0.39, 0.29) is 23.5 Å². The maximum Gasteiger partial charge on any atom is 0.321 e. The SMILES string of the molecule is O=C(c1ccc(F)cc1)[C@H]1CCCN(C(=O)Nc2cn[nH]c2)C1. The van der Waals surface area contributed by atoms with Crippen molar-refractivity contribution in [3.8, 4) is 0 Å². The molecular formula is C16H17FN4O2. The first-order valence-electron chi connectivity index (χ1n) is 7.48. The third-order valence-corrected chi connectivity index (χ3v) is 3.96. The van der Waals surface area contributed by atoms with Crippen LogP contribution in [-0.4, -0.2) is 40.0 Å². The van der Waals surface area contributed by atoms with Gasteiger partial charge in [0.1, 0.15) is 5.82 Å². The van der Waals surface area contributed by atoms with Gasteiger partial charge in [0.15, 0.2) is 5.78 Å². The van der Waals surface area contributed by atoms with Gasteiger partial charge in [-0.2, -0.15) is 5.10 Å². The van der Waals surface area contributed by atoms with Crippen LogP contribution in [-0.2, 0) is 0 Å². The number of likely N-dealkylation sites (tertiary alicyclic amines) is 1. The molecule has 0 bridgehead atoms. The largest absolute Gasteiger partial charge is 0.324 e. The fourth-order valence-electron chi connectivity index (χ4n) is 2.75. The van der Waals surface area contributed by atoms with E-state index in [0.717, 1.165) is 12.8 Å². The summed E-state index contributed by atoms with van der Waals surface area (Å²) in [6, 6.07) is 5.28. The molecule has 3 rings (SSSR count). The quantitative estimate of drug-likeness (QED) is 0.855. The number of hydrogen-bond acceptors (Lipinski definition) is 3. The molecule has 2 amide bonds. The minimum Gasteiger partial charge on any atom is -0.324 e. The molecule has 6 nitrogen and oxygen atoms in total. The number of H-pyrrole nitrogens is 1. The Morgan fingerprint density at radius 1 is 1.30 bits per heavy atom. The van der Waals surface area contributed by atoms with Gasteiger partial charge in [-0.15, -0.1) is 0 Å². The molecule has 1 aliphatic rings. The second kappa shape index (κ2) is 6.60. The molecule has 1 atom stereocenters. The number of rotatable bonds is 3. The number of carbonyl (C=O) groups excluding carboxylic acids is 2. The molecule has 0 saturated carbocycles. The van der Waals surface area contributed by atoms with Gasteiger partial charge in [-0.1, -0.05) is 0 Å². The summed E-state index contributed by atoms with van der Waals surface area (Å²) in [6.07, 6.45) is 4.59. The van der Waals surface area contributed by atoms with Crippen LogP contribution < -0.4 is 5.32 Å². The Kier molecular flexibility index (Phi) is 4.36. The van der Waals surface area contributed by atoms with E-state index in [1.54, 1.807) is 11.1 Å². The Balaban J connectivity index is 1.64. The second-order valence-corrected chi connectivity index (χ2v) is 5.57. The number of piperidine rings is 1. The number of aromatic nitrogens is 2. The van der Waals surface area contributed by atoms with Crippen molar-refractivity contribution in [2.24, 2.45) is 5.92 Å². The van der Waals surface area contributed by atoms with Crippen molar-refractivity contribution in [3.05, 3.63) is 48.0 Å². The van der Waals surface area contributed by atoms with Crippen molar-refractivity contribution in [3.63, 3.8) is 0 Å². The van der Waals surface area contributed by atoms with E-state index in [1.807, 2.05) is 0 Å². The third-order valence-electron chi connectivity index (χ3n) is 3.96. The lowest BCUT2D eigenvalue weighted by atomic mass is 9.90. The molecule has 1 aromatic heterocycles. The van der Waals surface area contributed by atoms with Crippen LogP contribution >= 0.6 is 0 Å². The van der Waals surface area contributed by atoms with Crippen molar-refractivity contribution in [1.82, 2.24) is 15.1 Å². The summed E-state index contributed by atoms with van der Waals surface area (Å²) < 4.78 is 13.0. The van der Waals surface area contributed by atoms with Gasteiger partial charge in [-0.05, 0) is 37.1 Å². The number of hydrogen-bond donors (Lipinski definition) is 2. The highest BCUT2D eigenvalue weighted by Gasteiger charge is 2.29. The number of benzene rings is 1. The Labute approximate surface area is 132 Å². The van der Waals surface area contributed by atoms with Crippen molar-refractivity contribution in [2.75, 3.05) is 18.4 Å². The normalized spacial score (nSPS) is 17.8. The van der Waals surface area contributed by atoms with Crippen LogP contribution in [0, 0.1) is 11.7 Å². The molecule has 2 aromatic rings. The van der Waals surface area contributed by atoms with Crippen LogP contribution in [0.1, 0.15) is 23.2 Å². The van der Waals surface area contributed by atoms with Gasteiger partial charge in [0.2, 0.25) is 0 Å². The van der Waals surface area contributed by atoms with E-state index in [4.69, 9.17) is 0 Å². The molecule has 1 aromatic carbocycles. The van der Waals surface area contributed by atoms with Gasteiger partial charge < -0.3 is 10.2 Å². The Morgan fingerprint density at radius 3 is 2.78 bits per heavy atom. The topological polar surface area (TPSA) is 78.1 Å². The van der Waals surface area contributed by atoms with E-state index in [0.29, 0.717) is 24.3 Å². The fourth-order valence-corrected chi connectivity index (χ4v) is 2.75. The van der Waals surface area contributed by atoms with E-state index in [1.165, 1.54) is 30.5 Å². The Hall–Kier alpha value is -2.70. The van der Waals surface area contributed by atoms with E-state index < -0.39 is 0 Å². The molecule has 1 fully saturated rings. The highest BCUT2D eigenvalue weighted by atomic mass is 19.1. The Bertz CT molecular complexity index is 685. The molecule has 0 spiro atoms. The number of ketones is 1. The number of Topliss-reactive ketones (excluding diaryl/α,β-unsaturated/α-hetero) is 1. The highest BCUT2D eigenvalue weighted by Crippen LogP contribution is 2.22. The summed E-state index contributed by atoms with van der Waals surface area (Å²) in [5, 5.41) is 9.12. The zero-order valence-electron chi connectivity index (χ0n) is 12.5. The predicted molar refractivity (Wildman–Crippen MR) is 82.6 cm³/mol. The highest BCUT2D eigenvalue weighted by molar-refractivity contribution is 5.98. The minimum absolute atomic E-state index is 0.0502. The molecule has 1 saturated heterocycles. The molecule has 7 heteroatoms. The molecule has 1 aliphatic heterocycles. The van der Waals surface area contributed by atoms with Gasteiger partial charge in [-0.3, -0.25) is 9.89 Å². The number of halogens is 1. The van der Waals surface area contributed by atoms with E-state index in [2.05, 4.69) is 15.5 Å². The maximum atomic E-state index is 13.0. The molecule has 2 N–H and O–H groups in total. The predicted octanol–water partition coefficient (Wildman–Crippen LogP) is 2.68. The number of anilines is 1. The molecule has 2 heterocycles. The van der Waals surface area contributed by atoms with Gasteiger partial charge in [0.05, 0.1) is 11.9 Å². The van der Waals surface area contributed by atoms with Crippen LogP contribution in [0.2, 0.25) is 0 Å². The smallest absolute Gasteiger partial charge is 0.321 e. The second-order valence-electron chi connectivity index (χ2n) is 5.57. The lowest BCUT2D eigenvalue weighted by Crippen LogP contribution is -2.44. The number of carbonyl (C=O) groups is 2. The monoisotopic (exact) mass is 316 g/mol. The summed E-state index contributed by atoms with van der Waals surface area (Å²) in [6.45, 7) is 0.969. The number of amides is 2. The lowest BCUT2D eigenvalue weighted by Gasteiger charge is -2.31. The van der Waals surface area contributed by atoms with Crippen molar-refractivity contribution >= 4 is 17.5 Å². The van der Waals surface area contributed by atoms with Crippen LogP contribution in [0.25, 0.3) is 0 Å². The molecular weight excluding hydrogens is 299 g/mol. The van der Waals surface area contributed by atoms with Crippen molar-refractivity contribution in [1.29, 1.82) is 0 Å². The van der Waals surface area contributed by atoms with Crippen molar-refractivity contribution < 1.29 is 14.0 Å². The van der Waals surface area contributed by atoms with Crippen LogP contribution in [0.5, 0.6) is 0 Å². The van der Waals surface area contributed by atoms with Gasteiger partial charge in [0, 0.05) is 30.8 Å². The van der Waals surface area contributed by atoms with Gasteiger partial charge in [0.25, 0.3) is 0 Å². The number of nitrogens with one attached hydrogen (secondary N) is 2. The zero-order chi connectivity index (χ0) is 16.2. The zero-order valence-corrected chi connectivity index (χ0v) is 12.5. The van der Waals surface area contributed by atoms with Gasteiger partial charge in [-0.25, -0.2) is 9.18 Å². The van der Waals surface area contributed by atoms with Crippen molar-refractivity contribution in [2.45, 2.75) is 12.8 Å². The molecule has 23 heavy (non-hydrogen) atoms. The average molecular weight is 316 g/mol. The summed E-state index contributed by atoms with van der Waals surface area (Å²) in [5.41, 5.74) is 1.07. The minimum atomic E-state index is -0.369. The van der Waals surface area contributed by atoms with Gasteiger partial charge >= 0.3 is 6.03 Å². The molecule has 0 aliphatic carbocycles. The first-order chi connectivity index (χ1) is 11.1. The summed E-state index contributed by atoms with van der Waals surface area (Å²) >= 11 is 0. The first-order valence-corrected chi connectivity index (χ1v) is 7.48. The van der Waals surface area contributed by atoms with E-state index >= 15 is 0 Å².